The first-order valence-corrected chi connectivity index (χ1v) is 7.42. The van der Waals surface area contributed by atoms with Crippen LogP contribution in [0.25, 0.3) is 0 Å². The van der Waals surface area contributed by atoms with Crippen molar-refractivity contribution in [3.63, 3.8) is 0 Å². The van der Waals surface area contributed by atoms with Crippen LogP contribution in [0.4, 0.5) is 11.4 Å². The van der Waals surface area contributed by atoms with Crippen molar-refractivity contribution in [1.29, 1.82) is 0 Å². The van der Waals surface area contributed by atoms with Crippen molar-refractivity contribution in [3.05, 3.63) is 18.2 Å². The summed E-state index contributed by atoms with van der Waals surface area (Å²) in [5.41, 5.74) is 8.12. The Kier molecular flexibility index (Phi) is 4.43. The van der Waals surface area contributed by atoms with Gasteiger partial charge >= 0.3 is 0 Å². The smallest absolute Gasteiger partial charge is 0.123 e. The Balaban J connectivity index is 2.17. The van der Waals surface area contributed by atoms with Crippen molar-refractivity contribution in [2.45, 2.75) is 32.7 Å². The van der Waals surface area contributed by atoms with Crippen molar-refractivity contribution < 1.29 is 4.74 Å². The summed E-state index contributed by atoms with van der Waals surface area (Å²) in [4.78, 5) is 4.81. The number of rotatable bonds is 4. The van der Waals surface area contributed by atoms with E-state index in [1.54, 1.807) is 0 Å². The topological polar surface area (TPSA) is 41.7 Å². The molecule has 1 fully saturated rings. The van der Waals surface area contributed by atoms with E-state index < -0.39 is 0 Å². The quantitative estimate of drug-likeness (QED) is 0.859. The third kappa shape index (κ3) is 3.37. The summed E-state index contributed by atoms with van der Waals surface area (Å²) in [5, 5.41) is 0. The minimum atomic E-state index is 0.174. The van der Waals surface area contributed by atoms with Crippen molar-refractivity contribution in [3.8, 4) is 5.75 Å². The standard InChI is InChI=1S/C16H27N3O/c1-5-8-20-15-10-13(17)9-14(11-15)19-7-6-18(4)16(2,3)12-19/h9-11H,5-8,12,17H2,1-4H3. The zero-order valence-electron chi connectivity index (χ0n) is 13.1. The third-order valence-electron chi connectivity index (χ3n) is 4.07. The Bertz CT molecular complexity index is 459. The summed E-state index contributed by atoms with van der Waals surface area (Å²) in [7, 11) is 2.19. The van der Waals surface area contributed by atoms with E-state index in [-0.39, 0.29) is 5.54 Å². The highest BCUT2D eigenvalue weighted by atomic mass is 16.5. The van der Waals surface area contributed by atoms with E-state index in [4.69, 9.17) is 10.5 Å². The molecule has 4 heteroatoms. The largest absolute Gasteiger partial charge is 0.493 e. The van der Waals surface area contributed by atoms with Crippen LogP contribution < -0.4 is 15.4 Å². The van der Waals surface area contributed by atoms with E-state index in [1.807, 2.05) is 12.1 Å². The van der Waals surface area contributed by atoms with E-state index in [2.05, 4.69) is 43.7 Å². The summed E-state index contributed by atoms with van der Waals surface area (Å²) in [6, 6.07) is 6.05. The highest BCUT2D eigenvalue weighted by Crippen LogP contribution is 2.29. The maximum Gasteiger partial charge on any atom is 0.123 e. The van der Waals surface area contributed by atoms with E-state index in [9.17, 15) is 0 Å². The van der Waals surface area contributed by atoms with Gasteiger partial charge in [0.05, 0.1) is 6.61 Å². The summed E-state index contributed by atoms with van der Waals surface area (Å²) in [6.45, 7) is 10.5. The number of nitrogens with two attached hydrogens (primary N) is 1. The van der Waals surface area contributed by atoms with Crippen LogP contribution in [0, 0.1) is 0 Å². The second kappa shape index (κ2) is 5.92. The Morgan fingerprint density at radius 1 is 1.25 bits per heavy atom. The fourth-order valence-electron chi connectivity index (χ4n) is 2.55. The van der Waals surface area contributed by atoms with Gasteiger partial charge < -0.3 is 15.4 Å². The molecular weight excluding hydrogens is 250 g/mol. The number of benzene rings is 1. The van der Waals surface area contributed by atoms with Crippen LogP contribution in [0.5, 0.6) is 5.75 Å². The molecule has 0 amide bonds. The van der Waals surface area contributed by atoms with Crippen LogP contribution >= 0.6 is 0 Å². The van der Waals surface area contributed by atoms with Gasteiger partial charge in [0.1, 0.15) is 5.75 Å². The molecule has 4 nitrogen and oxygen atoms in total. The average molecular weight is 277 g/mol. The van der Waals surface area contributed by atoms with Crippen LogP contribution in [0.15, 0.2) is 18.2 Å². The zero-order chi connectivity index (χ0) is 14.8. The predicted octanol–water partition coefficient (Wildman–Crippen LogP) is 2.59. The second-order valence-corrected chi connectivity index (χ2v) is 6.26. The van der Waals surface area contributed by atoms with Crippen molar-refractivity contribution in [2.75, 3.05) is 43.9 Å². The molecule has 1 heterocycles. The summed E-state index contributed by atoms with van der Waals surface area (Å²) >= 11 is 0. The van der Waals surface area contributed by atoms with Crippen LogP contribution in [-0.4, -0.2) is 43.7 Å². The van der Waals surface area contributed by atoms with Gasteiger partial charge in [0, 0.05) is 48.7 Å². The molecule has 112 valence electrons. The number of piperazine rings is 1. The first-order chi connectivity index (χ1) is 9.42. The zero-order valence-corrected chi connectivity index (χ0v) is 13.1. The molecule has 2 N–H and O–H groups in total. The number of likely N-dealkylation sites (N-methyl/N-ethyl adjacent to an activating group) is 1. The maximum absolute atomic E-state index is 6.02. The Morgan fingerprint density at radius 3 is 2.65 bits per heavy atom. The highest BCUT2D eigenvalue weighted by molar-refractivity contribution is 5.61. The van der Waals surface area contributed by atoms with Gasteiger partial charge in [-0.3, -0.25) is 4.90 Å². The Hall–Kier alpha value is -1.42. The van der Waals surface area contributed by atoms with Gasteiger partial charge in [-0.05, 0) is 33.4 Å². The van der Waals surface area contributed by atoms with Gasteiger partial charge in [-0.1, -0.05) is 6.92 Å². The molecule has 20 heavy (non-hydrogen) atoms. The lowest BCUT2D eigenvalue weighted by molar-refractivity contribution is 0.139. The number of ether oxygens (including phenoxy) is 1. The molecule has 0 spiro atoms. The van der Waals surface area contributed by atoms with Crippen LogP contribution in [0.1, 0.15) is 27.2 Å². The highest BCUT2D eigenvalue weighted by Gasteiger charge is 2.31. The monoisotopic (exact) mass is 277 g/mol. The second-order valence-electron chi connectivity index (χ2n) is 6.26. The normalized spacial score (nSPS) is 19.1. The van der Waals surface area contributed by atoms with Gasteiger partial charge in [-0.2, -0.15) is 0 Å². The number of nitrogen functional groups attached to an aromatic ring is 1. The number of hydrogen-bond donors (Lipinski definition) is 1. The molecule has 0 atom stereocenters. The minimum Gasteiger partial charge on any atom is -0.493 e. The average Bonchev–Trinajstić information content (AvgIpc) is 2.39. The molecule has 0 unspecified atom stereocenters. The Morgan fingerprint density at radius 2 is 2.00 bits per heavy atom. The maximum atomic E-state index is 6.02. The van der Waals surface area contributed by atoms with Crippen LogP contribution in [-0.2, 0) is 0 Å². The van der Waals surface area contributed by atoms with Gasteiger partial charge in [-0.25, -0.2) is 0 Å². The van der Waals surface area contributed by atoms with E-state index in [1.165, 1.54) is 0 Å². The fraction of sp³-hybridized carbons (Fsp3) is 0.625. The molecule has 1 saturated heterocycles. The van der Waals surface area contributed by atoms with Crippen molar-refractivity contribution >= 4 is 11.4 Å². The van der Waals surface area contributed by atoms with Crippen LogP contribution in [0.2, 0.25) is 0 Å². The van der Waals surface area contributed by atoms with Crippen LogP contribution in [0.3, 0.4) is 0 Å². The summed E-state index contributed by atoms with van der Waals surface area (Å²) in [6.07, 6.45) is 1.01. The third-order valence-corrected chi connectivity index (χ3v) is 4.07. The summed E-state index contributed by atoms with van der Waals surface area (Å²) in [5.74, 6) is 0.874. The molecule has 0 aromatic heterocycles. The number of anilines is 2. The molecule has 0 aliphatic carbocycles. The van der Waals surface area contributed by atoms with Gasteiger partial charge in [0.25, 0.3) is 0 Å². The lowest BCUT2D eigenvalue weighted by atomic mass is 9.99. The molecule has 2 rings (SSSR count). The van der Waals surface area contributed by atoms with E-state index in [0.29, 0.717) is 0 Å². The predicted molar refractivity (Wildman–Crippen MR) is 85.6 cm³/mol. The number of hydrogen-bond acceptors (Lipinski definition) is 4. The van der Waals surface area contributed by atoms with Gasteiger partial charge in [-0.15, -0.1) is 0 Å². The lowest BCUT2D eigenvalue weighted by Gasteiger charge is -2.46. The first kappa shape index (κ1) is 15.0. The molecule has 1 aromatic rings. The molecule has 1 aromatic carbocycles. The lowest BCUT2D eigenvalue weighted by Crippen LogP contribution is -2.57. The molecule has 0 saturated carbocycles. The molecule has 1 aliphatic heterocycles. The fourth-order valence-corrected chi connectivity index (χ4v) is 2.55. The van der Waals surface area contributed by atoms with Gasteiger partial charge in [0.15, 0.2) is 0 Å². The SMILES string of the molecule is CCCOc1cc(N)cc(N2CCN(C)C(C)(C)C2)c1. The Labute approximate surface area is 122 Å². The summed E-state index contributed by atoms with van der Waals surface area (Å²) < 4.78 is 5.72. The van der Waals surface area contributed by atoms with Crippen molar-refractivity contribution in [2.24, 2.45) is 0 Å². The molecule has 0 radical (unpaired) electrons. The minimum absolute atomic E-state index is 0.174. The molecule has 0 bridgehead atoms. The number of nitrogens with zero attached hydrogens (tertiary/aromatic N) is 2. The van der Waals surface area contributed by atoms with E-state index in [0.717, 1.165) is 49.8 Å². The van der Waals surface area contributed by atoms with Gasteiger partial charge in [0.2, 0.25) is 0 Å². The van der Waals surface area contributed by atoms with Crippen molar-refractivity contribution in [1.82, 2.24) is 4.90 Å². The molecule has 1 aliphatic rings. The molecular formula is C16H27N3O. The van der Waals surface area contributed by atoms with E-state index >= 15 is 0 Å². The first-order valence-electron chi connectivity index (χ1n) is 7.42.